The van der Waals surface area contributed by atoms with Gasteiger partial charge in [0.1, 0.15) is 5.82 Å². The van der Waals surface area contributed by atoms with Gasteiger partial charge in [-0.3, -0.25) is 4.99 Å². The van der Waals surface area contributed by atoms with Crippen molar-refractivity contribution in [3.8, 4) is 0 Å². The quantitative estimate of drug-likeness (QED) is 0.437. The summed E-state index contributed by atoms with van der Waals surface area (Å²) in [5.41, 5.74) is 6.36. The van der Waals surface area contributed by atoms with Crippen LogP contribution in [0, 0.1) is 5.82 Å². The Morgan fingerprint density at radius 1 is 1.33 bits per heavy atom. The minimum atomic E-state index is -0.286. The van der Waals surface area contributed by atoms with Gasteiger partial charge in [0.15, 0.2) is 5.96 Å². The lowest BCUT2D eigenvalue weighted by atomic mass is 9.96. The van der Waals surface area contributed by atoms with E-state index in [1.807, 2.05) is 0 Å². The van der Waals surface area contributed by atoms with E-state index in [0.717, 1.165) is 12.8 Å². The van der Waals surface area contributed by atoms with Gasteiger partial charge in [-0.15, -0.1) is 24.0 Å². The van der Waals surface area contributed by atoms with Gasteiger partial charge < -0.3 is 11.1 Å². The molecule has 0 spiro atoms. The molecule has 0 amide bonds. The minimum Gasteiger partial charge on any atom is -0.370 e. The van der Waals surface area contributed by atoms with Crippen LogP contribution in [-0.4, -0.2) is 18.5 Å². The van der Waals surface area contributed by atoms with Crippen LogP contribution in [-0.2, 0) is 6.42 Å². The lowest BCUT2D eigenvalue weighted by molar-refractivity contribution is 0.412. The number of benzene rings is 1. The molecule has 0 heterocycles. The van der Waals surface area contributed by atoms with Gasteiger partial charge in [-0.25, -0.2) is 4.39 Å². The molecule has 0 atom stereocenters. The van der Waals surface area contributed by atoms with E-state index in [9.17, 15) is 4.39 Å². The highest BCUT2D eigenvalue weighted by atomic mass is 127. The average Bonchev–Trinajstić information content (AvgIpc) is 2.43. The van der Waals surface area contributed by atoms with E-state index >= 15 is 0 Å². The van der Waals surface area contributed by atoms with Gasteiger partial charge in [0.25, 0.3) is 0 Å². The first-order chi connectivity index (χ1) is 9.66. The molecule has 3 N–H and O–H groups in total. The third-order valence-corrected chi connectivity index (χ3v) is 4.02. The van der Waals surface area contributed by atoms with Crippen LogP contribution in [0.3, 0.4) is 0 Å². The molecule has 1 aliphatic rings. The number of hydrogen-bond donors (Lipinski definition) is 2. The van der Waals surface area contributed by atoms with Crippen molar-refractivity contribution in [1.82, 2.24) is 5.32 Å². The maximum Gasteiger partial charge on any atom is 0.188 e. The summed E-state index contributed by atoms with van der Waals surface area (Å²) in [7, 11) is 0. The molecule has 0 bridgehead atoms. The van der Waals surface area contributed by atoms with E-state index in [0.29, 0.717) is 35.6 Å². The van der Waals surface area contributed by atoms with Crippen molar-refractivity contribution in [2.45, 2.75) is 44.6 Å². The lowest BCUT2D eigenvalue weighted by Crippen LogP contribution is -2.41. The van der Waals surface area contributed by atoms with E-state index in [4.69, 9.17) is 17.3 Å². The number of halogens is 3. The van der Waals surface area contributed by atoms with Crippen LogP contribution in [0.4, 0.5) is 4.39 Å². The summed E-state index contributed by atoms with van der Waals surface area (Å²) in [6, 6.07) is 5.13. The van der Waals surface area contributed by atoms with Crippen molar-refractivity contribution < 1.29 is 4.39 Å². The Hall–Kier alpha value is -0.560. The Bertz CT molecular complexity index is 456. The van der Waals surface area contributed by atoms with Gasteiger partial charge >= 0.3 is 0 Å². The molecule has 1 saturated carbocycles. The zero-order valence-electron chi connectivity index (χ0n) is 11.9. The molecule has 0 radical (unpaired) electrons. The fraction of sp³-hybridized carbons (Fsp3) is 0.533. The van der Waals surface area contributed by atoms with Gasteiger partial charge in [-0.05, 0) is 31.4 Å². The molecular weight excluding hydrogens is 404 g/mol. The maximum atomic E-state index is 13.6. The van der Waals surface area contributed by atoms with Crippen molar-refractivity contribution in [2.24, 2.45) is 10.7 Å². The molecule has 0 saturated heterocycles. The normalized spacial score (nSPS) is 16.4. The monoisotopic (exact) mass is 425 g/mol. The average molecular weight is 426 g/mol. The largest absolute Gasteiger partial charge is 0.370 e. The molecule has 118 valence electrons. The number of rotatable bonds is 4. The first-order valence-corrected chi connectivity index (χ1v) is 7.54. The number of nitrogens with one attached hydrogen (secondary N) is 1. The predicted molar refractivity (Wildman–Crippen MR) is 97.0 cm³/mol. The molecule has 1 aromatic carbocycles. The number of hydrogen-bond acceptors (Lipinski definition) is 1. The van der Waals surface area contributed by atoms with E-state index < -0.39 is 0 Å². The zero-order chi connectivity index (χ0) is 14.4. The van der Waals surface area contributed by atoms with Gasteiger partial charge in [-0.1, -0.05) is 36.9 Å². The van der Waals surface area contributed by atoms with E-state index in [1.54, 1.807) is 12.1 Å². The maximum absolute atomic E-state index is 13.6. The van der Waals surface area contributed by atoms with Crippen molar-refractivity contribution in [3.05, 3.63) is 34.6 Å². The third kappa shape index (κ3) is 5.98. The van der Waals surface area contributed by atoms with Crippen LogP contribution < -0.4 is 11.1 Å². The number of nitrogens with zero attached hydrogens (tertiary/aromatic N) is 1. The van der Waals surface area contributed by atoms with Gasteiger partial charge in [0.2, 0.25) is 0 Å². The van der Waals surface area contributed by atoms with E-state index in [1.165, 1.54) is 25.3 Å². The summed E-state index contributed by atoms with van der Waals surface area (Å²) >= 11 is 5.97. The Kier molecular flexibility index (Phi) is 8.33. The lowest BCUT2D eigenvalue weighted by Gasteiger charge is -2.23. The van der Waals surface area contributed by atoms with Crippen molar-refractivity contribution in [3.63, 3.8) is 0 Å². The standard InChI is InChI=1S/C15H21ClFN3.HI/c16-13-7-4-8-14(17)12(13)9-10-19-15(18)20-11-5-2-1-3-6-11;/h4,7-8,11H,1-3,5-6,9-10H2,(H3,18,19,20);1H. The van der Waals surface area contributed by atoms with E-state index in [2.05, 4.69) is 10.3 Å². The second kappa shape index (κ2) is 9.46. The second-order valence-corrected chi connectivity index (χ2v) is 5.60. The van der Waals surface area contributed by atoms with Crippen LogP contribution in [0.15, 0.2) is 23.2 Å². The summed E-state index contributed by atoms with van der Waals surface area (Å²) in [5, 5.41) is 3.68. The second-order valence-electron chi connectivity index (χ2n) is 5.20. The summed E-state index contributed by atoms with van der Waals surface area (Å²) < 4.78 is 13.6. The first kappa shape index (κ1) is 18.5. The molecule has 21 heavy (non-hydrogen) atoms. The number of aliphatic imine (C=N–C) groups is 1. The molecule has 1 aromatic rings. The molecule has 3 nitrogen and oxygen atoms in total. The number of guanidine groups is 1. The van der Waals surface area contributed by atoms with Crippen LogP contribution >= 0.6 is 35.6 Å². The first-order valence-electron chi connectivity index (χ1n) is 7.16. The molecule has 1 aliphatic carbocycles. The van der Waals surface area contributed by atoms with Crippen LogP contribution in [0.2, 0.25) is 5.02 Å². The molecule has 0 aromatic heterocycles. The highest BCUT2D eigenvalue weighted by molar-refractivity contribution is 14.0. The molecule has 1 fully saturated rings. The Morgan fingerprint density at radius 2 is 2.05 bits per heavy atom. The highest BCUT2D eigenvalue weighted by Gasteiger charge is 2.13. The number of nitrogens with two attached hydrogens (primary N) is 1. The Morgan fingerprint density at radius 3 is 2.71 bits per heavy atom. The summed E-state index contributed by atoms with van der Waals surface area (Å²) in [5.74, 6) is 0.163. The highest BCUT2D eigenvalue weighted by Crippen LogP contribution is 2.19. The van der Waals surface area contributed by atoms with Gasteiger partial charge in [0.05, 0.1) is 0 Å². The van der Waals surface area contributed by atoms with Gasteiger partial charge in [-0.2, -0.15) is 0 Å². The molecule has 2 rings (SSSR count). The fourth-order valence-corrected chi connectivity index (χ4v) is 2.82. The SMILES string of the molecule is I.NC(=NCCc1c(F)cccc1Cl)NC1CCCCC1. The van der Waals surface area contributed by atoms with Crippen LogP contribution in [0.25, 0.3) is 0 Å². The van der Waals surface area contributed by atoms with Crippen molar-refractivity contribution in [2.75, 3.05) is 6.54 Å². The van der Waals surface area contributed by atoms with Gasteiger partial charge in [0, 0.05) is 23.2 Å². The topological polar surface area (TPSA) is 50.4 Å². The molecule has 0 unspecified atom stereocenters. The zero-order valence-corrected chi connectivity index (χ0v) is 15.0. The smallest absolute Gasteiger partial charge is 0.188 e. The van der Waals surface area contributed by atoms with Crippen molar-refractivity contribution in [1.29, 1.82) is 0 Å². The van der Waals surface area contributed by atoms with Crippen LogP contribution in [0.5, 0.6) is 0 Å². The third-order valence-electron chi connectivity index (χ3n) is 3.66. The minimum absolute atomic E-state index is 0. The van der Waals surface area contributed by atoms with Crippen molar-refractivity contribution >= 4 is 41.5 Å². The van der Waals surface area contributed by atoms with E-state index in [-0.39, 0.29) is 29.8 Å². The Labute approximate surface area is 147 Å². The molecule has 6 heteroatoms. The molecular formula is C15H22ClFIN3. The Balaban J connectivity index is 0.00000220. The summed E-state index contributed by atoms with van der Waals surface area (Å²) in [6.45, 7) is 0.437. The summed E-state index contributed by atoms with van der Waals surface area (Å²) in [6.07, 6.45) is 6.55. The van der Waals surface area contributed by atoms with Crippen LogP contribution in [0.1, 0.15) is 37.7 Å². The predicted octanol–water partition coefficient (Wildman–Crippen LogP) is 3.88. The fourth-order valence-electron chi connectivity index (χ4n) is 2.56. The summed E-state index contributed by atoms with van der Waals surface area (Å²) in [4.78, 5) is 4.25. The molecule has 0 aliphatic heterocycles.